The fourth-order valence-electron chi connectivity index (χ4n) is 1.05. The molecule has 0 aliphatic rings. The standard InChI is InChI=1S/C11H12BrFO2/c1-2-3-4-11(14)15-10-6-5-8(12)7-9(10)13/h5-7H,2-4H2,1H3. The minimum absolute atomic E-state index is 0.0145. The Morgan fingerprint density at radius 3 is 2.87 bits per heavy atom. The molecule has 0 atom stereocenters. The molecule has 0 saturated heterocycles. The summed E-state index contributed by atoms with van der Waals surface area (Å²) >= 11 is 3.12. The molecule has 0 N–H and O–H groups in total. The molecule has 0 fully saturated rings. The Kier molecular flexibility index (Phi) is 4.75. The van der Waals surface area contributed by atoms with Crippen molar-refractivity contribution in [3.8, 4) is 5.75 Å². The summed E-state index contributed by atoms with van der Waals surface area (Å²) in [5.41, 5.74) is 0. The summed E-state index contributed by atoms with van der Waals surface area (Å²) in [6.45, 7) is 1.98. The number of carbonyl (C=O) groups is 1. The van der Waals surface area contributed by atoms with E-state index in [1.54, 1.807) is 6.07 Å². The summed E-state index contributed by atoms with van der Waals surface area (Å²) in [5, 5.41) is 0. The third-order valence-corrected chi connectivity index (χ3v) is 2.35. The first kappa shape index (κ1) is 12.2. The largest absolute Gasteiger partial charge is 0.423 e. The zero-order valence-electron chi connectivity index (χ0n) is 8.43. The Balaban J connectivity index is 2.60. The first-order valence-corrected chi connectivity index (χ1v) is 5.58. The molecular formula is C11H12BrFO2. The second kappa shape index (κ2) is 5.85. The molecule has 0 aromatic heterocycles. The lowest BCUT2D eigenvalue weighted by Crippen LogP contribution is -2.08. The first-order valence-electron chi connectivity index (χ1n) is 4.79. The van der Waals surface area contributed by atoms with E-state index >= 15 is 0 Å². The molecule has 0 aliphatic heterocycles. The van der Waals surface area contributed by atoms with Gasteiger partial charge in [-0.25, -0.2) is 4.39 Å². The van der Waals surface area contributed by atoms with Crippen molar-refractivity contribution in [1.82, 2.24) is 0 Å². The Morgan fingerprint density at radius 2 is 2.27 bits per heavy atom. The van der Waals surface area contributed by atoms with E-state index in [-0.39, 0.29) is 5.75 Å². The minimum Gasteiger partial charge on any atom is -0.423 e. The van der Waals surface area contributed by atoms with Gasteiger partial charge in [0, 0.05) is 10.9 Å². The fraction of sp³-hybridized carbons (Fsp3) is 0.364. The Bertz CT molecular complexity index is 352. The summed E-state index contributed by atoms with van der Waals surface area (Å²) in [7, 11) is 0. The highest BCUT2D eigenvalue weighted by molar-refractivity contribution is 9.10. The lowest BCUT2D eigenvalue weighted by molar-refractivity contribution is -0.134. The van der Waals surface area contributed by atoms with Crippen LogP contribution in [0.25, 0.3) is 0 Å². The van der Waals surface area contributed by atoms with Crippen LogP contribution in [0.4, 0.5) is 4.39 Å². The third kappa shape index (κ3) is 4.00. The van der Waals surface area contributed by atoms with Crippen molar-refractivity contribution in [2.24, 2.45) is 0 Å². The van der Waals surface area contributed by atoms with Gasteiger partial charge in [0.2, 0.25) is 0 Å². The van der Waals surface area contributed by atoms with Crippen LogP contribution in [0.5, 0.6) is 5.75 Å². The predicted molar refractivity (Wildman–Crippen MR) is 59.3 cm³/mol. The van der Waals surface area contributed by atoms with E-state index in [0.29, 0.717) is 10.9 Å². The summed E-state index contributed by atoms with van der Waals surface area (Å²) in [5.74, 6) is -0.938. The molecule has 0 bridgehead atoms. The average Bonchev–Trinajstić information content (AvgIpc) is 2.19. The van der Waals surface area contributed by atoms with Gasteiger partial charge in [-0.2, -0.15) is 0 Å². The van der Waals surface area contributed by atoms with E-state index in [4.69, 9.17) is 4.74 Å². The number of rotatable bonds is 4. The normalized spacial score (nSPS) is 10.1. The van der Waals surface area contributed by atoms with Crippen molar-refractivity contribution in [3.05, 3.63) is 28.5 Å². The van der Waals surface area contributed by atoms with Gasteiger partial charge in [0.1, 0.15) is 0 Å². The zero-order chi connectivity index (χ0) is 11.3. The quantitative estimate of drug-likeness (QED) is 0.619. The maximum atomic E-state index is 13.2. The smallest absolute Gasteiger partial charge is 0.311 e. The molecule has 82 valence electrons. The molecule has 0 saturated carbocycles. The molecule has 0 aliphatic carbocycles. The van der Waals surface area contributed by atoms with E-state index in [0.717, 1.165) is 12.8 Å². The van der Waals surface area contributed by atoms with Crippen molar-refractivity contribution < 1.29 is 13.9 Å². The van der Waals surface area contributed by atoms with Crippen molar-refractivity contribution in [1.29, 1.82) is 0 Å². The van der Waals surface area contributed by atoms with Crippen LogP contribution >= 0.6 is 15.9 Å². The second-order valence-electron chi connectivity index (χ2n) is 3.15. The van der Waals surface area contributed by atoms with Gasteiger partial charge in [-0.1, -0.05) is 29.3 Å². The van der Waals surface area contributed by atoms with Crippen LogP contribution in [-0.4, -0.2) is 5.97 Å². The molecule has 0 amide bonds. The molecule has 4 heteroatoms. The Hall–Kier alpha value is -0.900. The Labute approximate surface area is 96.6 Å². The molecule has 1 aromatic rings. The van der Waals surface area contributed by atoms with Crippen molar-refractivity contribution in [2.75, 3.05) is 0 Å². The number of ether oxygens (including phenoxy) is 1. The molecule has 0 heterocycles. The Morgan fingerprint density at radius 1 is 1.53 bits per heavy atom. The number of hydrogen-bond acceptors (Lipinski definition) is 2. The molecule has 0 radical (unpaired) electrons. The maximum absolute atomic E-state index is 13.2. The molecule has 0 spiro atoms. The number of halogens is 2. The summed E-state index contributed by atoms with van der Waals surface area (Å²) in [6, 6.07) is 4.33. The minimum atomic E-state index is -0.533. The van der Waals surface area contributed by atoms with Gasteiger partial charge in [0.15, 0.2) is 11.6 Å². The number of benzene rings is 1. The zero-order valence-corrected chi connectivity index (χ0v) is 10.0. The fourth-order valence-corrected chi connectivity index (χ4v) is 1.39. The van der Waals surface area contributed by atoms with Gasteiger partial charge in [0.05, 0.1) is 0 Å². The van der Waals surface area contributed by atoms with Gasteiger partial charge >= 0.3 is 5.97 Å². The van der Waals surface area contributed by atoms with Crippen LogP contribution < -0.4 is 4.74 Å². The van der Waals surface area contributed by atoms with Gasteiger partial charge in [-0.15, -0.1) is 0 Å². The first-order chi connectivity index (χ1) is 7.13. The molecular weight excluding hydrogens is 263 g/mol. The van der Waals surface area contributed by atoms with Gasteiger partial charge in [-0.3, -0.25) is 4.79 Å². The van der Waals surface area contributed by atoms with Crippen molar-refractivity contribution in [2.45, 2.75) is 26.2 Å². The lowest BCUT2D eigenvalue weighted by atomic mass is 10.2. The van der Waals surface area contributed by atoms with Gasteiger partial charge in [0.25, 0.3) is 0 Å². The topological polar surface area (TPSA) is 26.3 Å². The molecule has 0 unspecified atom stereocenters. The van der Waals surface area contributed by atoms with Crippen LogP contribution in [-0.2, 0) is 4.79 Å². The highest BCUT2D eigenvalue weighted by Crippen LogP contribution is 2.21. The number of hydrogen-bond donors (Lipinski definition) is 0. The highest BCUT2D eigenvalue weighted by atomic mass is 79.9. The maximum Gasteiger partial charge on any atom is 0.311 e. The number of carbonyl (C=O) groups excluding carboxylic acids is 1. The van der Waals surface area contributed by atoms with Crippen LogP contribution in [0.1, 0.15) is 26.2 Å². The third-order valence-electron chi connectivity index (χ3n) is 1.85. The van der Waals surface area contributed by atoms with E-state index in [9.17, 15) is 9.18 Å². The van der Waals surface area contributed by atoms with E-state index in [2.05, 4.69) is 15.9 Å². The number of esters is 1. The van der Waals surface area contributed by atoms with Crippen molar-refractivity contribution in [3.63, 3.8) is 0 Å². The molecule has 1 rings (SSSR count). The van der Waals surface area contributed by atoms with Crippen LogP contribution in [0.15, 0.2) is 22.7 Å². The molecule has 15 heavy (non-hydrogen) atoms. The monoisotopic (exact) mass is 274 g/mol. The van der Waals surface area contributed by atoms with Crippen LogP contribution in [0, 0.1) is 5.82 Å². The van der Waals surface area contributed by atoms with Crippen LogP contribution in [0.2, 0.25) is 0 Å². The number of unbranched alkanes of at least 4 members (excludes halogenated alkanes) is 1. The lowest BCUT2D eigenvalue weighted by Gasteiger charge is -2.04. The van der Waals surface area contributed by atoms with E-state index in [1.807, 2.05) is 6.92 Å². The summed E-state index contributed by atoms with van der Waals surface area (Å²) in [6.07, 6.45) is 2.00. The van der Waals surface area contributed by atoms with Crippen LogP contribution in [0.3, 0.4) is 0 Å². The molecule has 1 aromatic carbocycles. The molecule has 2 nitrogen and oxygen atoms in total. The average molecular weight is 275 g/mol. The van der Waals surface area contributed by atoms with Gasteiger partial charge in [-0.05, 0) is 24.6 Å². The van der Waals surface area contributed by atoms with E-state index < -0.39 is 11.8 Å². The SMILES string of the molecule is CCCCC(=O)Oc1ccc(Br)cc1F. The van der Waals surface area contributed by atoms with Gasteiger partial charge < -0.3 is 4.74 Å². The summed E-state index contributed by atoms with van der Waals surface area (Å²) in [4.78, 5) is 11.2. The van der Waals surface area contributed by atoms with Crippen molar-refractivity contribution >= 4 is 21.9 Å². The highest BCUT2D eigenvalue weighted by Gasteiger charge is 2.08. The van der Waals surface area contributed by atoms with E-state index in [1.165, 1.54) is 12.1 Å². The second-order valence-corrected chi connectivity index (χ2v) is 4.07. The summed E-state index contributed by atoms with van der Waals surface area (Å²) < 4.78 is 18.7. The predicted octanol–water partition coefficient (Wildman–Crippen LogP) is 3.68.